The van der Waals surface area contributed by atoms with Gasteiger partial charge in [-0.1, -0.05) is 78.9 Å². The largest absolute Gasteiger partial charge is 0.465 e. The van der Waals surface area contributed by atoms with Crippen LogP contribution in [0.3, 0.4) is 0 Å². The number of fused-ring (bicyclic) bond motifs is 1. The van der Waals surface area contributed by atoms with E-state index >= 15 is 0 Å². The Balaban J connectivity index is 1.68. The lowest BCUT2D eigenvalue weighted by Crippen LogP contribution is -2.51. The van der Waals surface area contributed by atoms with Crippen LogP contribution >= 0.6 is 0 Å². The summed E-state index contributed by atoms with van der Waals surface area (Å²) in [5.41, 5.74) is 3.02. The third-order valence-corrected chi connectivity index (χ3v) is 6.48. The fraction of sp³-hybridized carbons (Fsp3) is 0.310. The van der Waals surface area contributed by atoms with Crippen molar-refractivity contribution in [1.29, 1.82) is 5.26 Å². The van der Waals surface area contributed by atoms with E-state index in [1.807, 2.05) is 72.8 Å². The van der Waals surface area contributed by atoms with Crippen molar-refractivity contribution in [2.75, 3.05) is 18.1 Å². The minimum Gasteiger partial charge on any atom is -0.465 e. The van der Waals surface area contributed by atoms with E-state index < -0.39 is 5.41 Å². The number of para-hydroxylation sites is 1. The molecule has 0 bridgehead atoms. The van der Waals surface area contributed by atoms with E-state index in [9.17, 15) is 10.1 Å². The molecular formula is C29H30N2O3. The summed E-state index contributed by atoms with van der Waals surface area (Å²) in [5, 5.41) is 9.84. The van der Waals surface area contributed by atoms with Crippen molar-refractivity contribution >= 4 is 11.7 Å². The van der Waals surface area contributed by atoms with E-state index in [1.54, 1.807) is 6.92 Å². The van der Waals surface area contributed by atoms with E-state index in [-0.39, 0.29) is 25.0 Å². The van der Waals surface area contributed by atoms with Crippen LogP contribution in [0.15, 0.2) is 84.9 Å². The molecule has 0 aliphatic carbocycles. The average Bonchev–Trinajstić information content (AvgIpc) is 3.13. The summed E-state index contributed by atoms with van der Waals surface area (Å²) < 4.78 is 11.6. The summed E-state index contributed by atoms with van der Waals surface area (Å²) in [6.07, 6.45) is 0.645. The zero-order valence-corrected chi connectivity index (χ0v) is 19.5. The van der Waals surface area contributed by atoms with Gasteiger partial charge in [0, 0.05) is 18.8 Å². The molecule has 0 saturated heterocycles. The number of esters is 1. The number of carbonyl (C=O) groups is 1. The Hall–Kier alpha value is -3.62. The molecule has 3 aromatic carbocycles. The Morgan fingerprint density at radius 3 is 2.29 bits per heavy atom. The number of rotatable bonds is 10. The first-order valence-corrected chi connectivity index (χ1v) is 11.8. The van der Waals surface area contributed by atoms with Crippen molar-refractivity contribution in [1.82, 2.24) is 0 Å². The third-order valence-electron chi connectivity index (χ3n) is 6.48. The van der Waals surface area contributed by atoms with Crippen molar-refractivity contribution in [3.8, 4) is 6.07 Å². The number of nitrogens with zero attached hydrogens (tertiary/aromatic N) is 2. The monoisotopic (exact) mass is 454 g/mol. The van der Waals surface area contributed by atoms with Crippen molar-refractivity contribution in [3.05, 3.63) is 102 Å². The SMILES string of the molecule is CCOC(=O)[C@]1(CC#N)c2ccccc2N(Cc2ccccc2)[C@@H]1CCOCc1ccccc1. The molecule has 0 fully saturated rings. The van der Waals surface area contributed by atoms with E-state index in [1.165, 1.54) is 0 Å². The van der Waals surface area contributed by atoms with Crippen LogP contribution in [-0.4, -0.2) is 25.2 Å². The first kappa shape index (κ1) is 23.5. The van der Waals surface area contributed by atoms with Gasteiger partial charge in [-0.25, -0.2) is 0 Å². The highest BCUT2D eigenvalue weighted by Crippen LogP contribution is 2.50. The second-order valence-electron chi connectivity index (χ2n) is 8.50. The predicted octanol–water partition coefficient (Wildman–Crippen LogP) is 5.40. The number of benzene rings is 3. The Morgan fingerprint density at radius 1 is 0.971 bits per heavy atom. The topological polar surface area (TPSA) is 62.6 Å². The molecule has 0 aromatic heterocycles. The van der Waals surface area contributed by atoms with Crippen molar-refractivity contribution in [2.45, 2.75) is 44.4 Å². The van der Waals surface area contributed by atoms with E-state index in [0.29, 0.717) is 26.2 Å². The highest BCUT2D eigenvalue weighted by atomic mass is 16.5. The van der Waals surface area contributed by atoms with Gasteiger partial charge in [0.05, 0.1) is 31.7 Å². The van der Waals surface area contributed by atoms with Crippen LogP contribution in [0.5, 0.6) is 0 Å². The number of hydrogen-bond acceptors (Lipinski definition) is 5. The van der Waals surface area contributed by atoms with Crippen LogP contribution in [0.1, 0.15) is 36.5 Å². The summed E-state index contributed by atoms with van der Waals surface area (Å²) in [6, 6.07) is 30.2. The molecular weight excluding hydrogens is 424 g/mol. The zero-order valence-electron chi connectivity index (χ0n) is 19.5. The lowest BCUT2D eigenvalue weighted by atomic mass is 9.73. The van der Waals surface area contributed by atoms with Crippen LogP contribution in [0, 0.1) is 11.3 Å². The molecule has 0 saturated carbocycles. The molecule has 2 atom stereocenters. The molecule has 5 heteroatoms. The normalized spacial score (nSPS) is 18.8. The third kappa shape index (κ3) is 4.69. The molecule has 0 unspecified atom stereocenters. The highest BCUT2D eigenvalue weighted by molar-refractivity contribution is 5.91. The molecule has 1 aliphatic rings. The predicted molar refractivity (Wildman–Crippen MR) is 132 cm³/mol. The minimum absolute atomic E-state index is 0.0531. The van der Waals surface area contributed by atoms with Gasteiger partial charge in [0.15, 0.2) is 0 Å². The van der Waals surface area contributed by atoms with Gasteiger partial charge < -0.3 is 14.4 Å². The first-order chi connectivity index (χ1) is 16.7. The maximum atomic E-state index is 13.5. The highest BCUT2D eigenvalue weighted by Gasteiger charge is 2.56. The van der Waals surface area contributed by atoms with Crippen LogP contribution < -0.4 is 4.90 Å². The Bertz CT molecular complexity index is 1130. The van der Waals surface area contributed by atoms with Gasteiger partial charge in [-0.3, -0.25) is 4.79 Å². The molecule has 34 heavy (non-hydrogen) atoms. The molecule has 1 heterocycles. The molecule has 0 radical (unpaired) electrons. The van der Waals surface area contributed by atoms with Crippen molar-refractivity contribution < 1.29 is 14.3 Å². The number of ether oxygens (including phenoxy) is 2. The van der Waals surface area contributed by atoms with Gasteiger partial charge in [0.1, 0.15) is 5.41 Å². The maximum Gasteiger partial charge on any atom is 0.319 e. The minimum atomic E-state index is -1.06. The first-order valence-electron chi connectivity index (χ1n) is 11.8. The molecule has 0 N–H and O–H groups in total. The van der Waals surface area contributed by atoms with Crippen molar-refractivity contribution in [3.63, 3.8) is 0 Å². The van der Waals surface area contributed by atoms with E-state index in [4.69, 9.17) is 9.47 Å². The summed E-state index contributed by atoms with van der Waals surface area (Å²) in [4.78, 5) is 15.8. The average molecular weight is 455 g/mol. The lowest BCUT2D eigenvalue weighted by Gasteiger charge is -2.36. The maximum absolute atomic E-state index is 13.5. The summed E-state index contributed by atoms with van der Waals surface area (Å²) in [5.74, 6) is -0.340. The van der Waals surface area contributed by atoms with Gasteiger partial charge in [-0.15, -0.1) is 0 Å². The zero-order chi connectivity index (χ0) is 23.8. The molecule has 4 rings (SSSR count). The molecule has 174 valence electrons. The van der Waals surface area contributed by atoms with E-state index in [2.05, 4.69) is 23.1 Å². The van der Waals surface area contributed by atoms with Gasteiger partial charge in [0.25, 0.3) is 0 Å². The quantitative estimate of drug-likeness (QED) is 0.303. The van der Waals surface area contributed by atoms with Crippen LogP contribution in [0.2, 0.25) is 0 Å². The van der Waals surface area contributed by atoms with Crippen molar-refractivity contribution in [2.24, 2.45) is 0 Å². The van der Waals surface area contributed by atoms with E-state index in [0.717, 1.165) is 22.4 Å². The second-order valence-corrected chi connectivity index (χ2v) is 8.50. The molecule has 0 amide bonds. The number of carbonyl (C=O) groups excluding carboxylic acids is 1. The Kier molecular flexibility index (Phi) is 7.61. The van der Waals surface area contributed by atoms with Gasteiger partial charge in [-0.05, 0) is 36.1 Å². The fourth-order valence-corrected chi connectivity index (χ4v) is 4.97. The fourth-order valence-electron chi connectivity index (χ4n) is 4.97. The summed E-state index contributed by atoms with van der Waals surface area (Å²) in [7, 11) is 0. The Labute approximate surface area is 201 Å². The Morgan fingerprint density at radius 2 is 1.62 bits per heavy atom. The van der Waals surface area contributed by atoms with Crippen LogP contribution in [0.4, 0.5) is 5.69 Å². The standard InChI is InChI=1S/C29H30N2O3/c1-2-34-28(32)29(18-19-30)25-15-9-10-16-26(25)31(21-23-11-5-3-6-12-23)27(29)17-20-33-22-24-13-7-4-8-14-24/h3-16,27H,2,17-18,20-22H2,1H3/t27-,29-/m1/s1. The summed E-state index contributed by atoms with van der Waals surface area (Å²) in [6.45, 7) is 3.67. The summed E-state index contributed by atoms with van der Waals surface area (Å²) >= 11 is 0. The lowest BCUT2D eigenvalue weighted by molar-refractivity contribution is -0.151. The molecule has 0 spiro atoms. The van der Waals surface area contributed by atoms with Crippen LogP contribution in [0.25, 0.3) is 0 Å². The van der Waals surface area contributed by atoms with Gasteiger partial charge >= 0.3 is 5.97 Å². The number of anilines is 1. The molecule has 5 nitrogen and oxygen atoms in total. The van der Waals surface area contributed by atoms with Gasteiger partial charge in [0.2, 0.25) is 0 Å². The van der Waals surface area contributed by atoms with Gasteiger partial charge in [-0.2, -0.15) is 5.26 Å². The number of nitriles is 1. The smallest absolute Gasteiger partial charge is 0.319 e. The molecule has 1 aliphatic heterocycles. The number of hydrogen-bond donors (Lipinski definition) is 0. The molecule has 3 aromatic rings. The second kappa shape index (κ2) is 11.0. The van der Waals surface area contributed by atoms with Crippen LogP contribution in [-0.2, 0) is 32.8 Å².